The van der Waals surface area contributed by atoms with Gasteiger partial charge in [0.2, 0.25) is 0 Å². The van der Waals surface area contributed by atoms with E-state index in [2.05, 4.69) is 29.1 Å². The lowest BCUT2D eigenvalue weighted by Gasteiger charge is -2.39. The van der Waals surface area contributed by atoms with Crippen LogP contribution in [-0.4, -0.2) is 61.8 Å². The molecule has 1 aromatic rings. The third-order valence-electron chi connectivity index (χ3n) is 6.19. The first-order chi connectivity index (χ1) is 15.2. The Kier molecular flexibility index (Phi) is 8.14. The molecule has 0 bridgehead atoms. The van der Waals surface area contributed by atoms with Crippen molar-refractivity contribution in [2.45, 2.75) is 52.3 Å². The first kappa shape index (κ1) is 24.5. The number of nitrogens with zero attached hydrogens (tertiary/aromatic N) is 3. The third-order valence-corrected chi connectivity index (χ3v) is 6.19. The number of nitrogens with two attached hydrogens (primary N) is 1. The first-order valence-corrected chi connectivity index (χ1v) is 11.3. The van der Waals surface area contributed by atoms with Crippen LogP contribution in [0.4, 0.5) is 8.78 Å². The number of hydrogen-bond donors (Lipinski definition) is 2. The zero-order valence-electron chi connectivity index (χ0n) is 19.7. The molecule has 8 heteroatoms. The van der Waals surface area contributed by atoms with E-state index in [-0.39, 0.29) is 11.6 Å². The quantitative estimate of drug-likeness (QED) is 0.517. The molecule has 0 saturated carbocycles. The summed E-state index contributed by atoms with van der Waals surface area (Å²) in [6.07, 6.45) is -0.00800. The van der Waals surface area contributed by atoms with Crippen molar-refractivity contribution in [3.63, 3.8) is 0 Å². The van der Waals surface area contributed by atoms with Gasteiger partial charge in [0.1, 0.15) is 23.6 Å². The maximum Gasteiger partial charge on any atom is 0.142 e. The number of halogens is 2. The molecule has 3 rings (SSSR count). The normalized spacial score (nSPS) is 25.7. The van der Waals surface area contributed by atoms with Crippen LogP contribution >= 0.6 is 0 Å². The van der Waals surface area contributed by atoms with Gasteiger partial charge in [0, 0.05) is 44.3 Å². The summed E-state index contributed by atoms with van der Waals surface area (Å²) in [5.74, 6) is 0.177. The second-order valence-corrected chi connectivity index (χ2v) is 8.80. The van der Waals surface area contributed by atoms with E-state index in [9.17, 15) is 8.78 Å². The van der Waals surface area contributed by atoms with E-state index in [4.69, 9.17) is 15.5 Å². The Balaban J connectivity index is 1.72. The van der Waals surface area contributed by atoms with E-state index in [1.54, 1.807) is 7.05 Å². The van der Waals surface area contributed by atoms with Crippen molar-refractivity contribution in [1.29, 1.82) is 0 Å². The summed E-state index contributed by atoms with van der Waals surface area (Å²) in [5, 5.41) is 3.25. The highest BCUT2D eigenvalue weighted by Crippen LogP contribution is 2.34. The maximum absolute atomic E-state index is 14.2. The number of hydrogen-bond acceptors (Lipinski definition) is 5. The Labute approximate surface area is 189 Å². The second kappa shape index (κ2) is 10.6. The molecule has 6 nitrogen and oxygen atoms in total. The molecule has 32 heavy (non-hydrogen) atoms. The fourth-order valence-electron chi connectivity index (χ4n) is 4.48. The van der Waals surface area contributed by atoms with Gasteiger partial charge in [-0.1, -0.05) is 13.8 Å². The molecule has 1 fully saturated rings. The topological polar surface area (TPSA) is 75.2 Å². The standard InChI is InChI=1S/C24H35F2N5O/c1-6-29-24(28-5)15(4)30-22-12-31(11-19(22)14(2)3)17-10-21(27)23(32-13-17)18-9-16(25)7-8-20(18)26/h7-9,14,17,21,23H,6,10-13,27H2,1-5H3,(H,28,29)/t17?,21?,23-/m1/s1. The summed E-state index contributed by atoms with van der Waals surface area (Å²) < 4.78 is 33.9. The van der Waals surface area contributed by atoms with Crippen LogP contribution in [0.5, 0.6) is 0 Å². The molecule has 2 unspecified atom stereocenters. The highest BCUT2D eigenvalue weighted by molar-refractivity contribution is 6.40. The molecule has 0 radical (unpaired) electrons. The Hall–Kier alpha value is -2.16. The van der Waals surface area contributed by atoms with Crippen molar-refractivity contribution in [2.24, 2.45) is 21.6 Å². The lowest BCUT2D eigenvalue weighted by molar-refractivity contribution is -0.0466. The largest absolute Gasteiger partial charge is 0.370 e. The van der Waals surface area contributed by atoms with Gasteiger partial charge in [-0.3, -0.25) is 14.9 Å². The van der Waals surface area contributed by atoms with E-state index in [0.29, 0.717) is 25.5 Å². The van der Waals surface area contributed by atoms with Gasteiger partial charge >= 0.3 is 0 Å². The second-order valence-electron chi connectivity index (χ2n) is 8.80. The summed E-state index contributed by atoms with van der Waals surface area (Å²) in [6.45, 7) is 11.0. The summed E-state index contributed by atoms with van der Waals surface area (Å²) in [6, 6.07) is 3.08. The van der Waals surface area contributed by atoms with Crippen molar-refractivity contribution in [1.82, 2.24) is 10.2 Å². The number of benzene rings is 1. The van der Waals surface area contributed by atoms with E-state index in [1.165, 1.54) is 11.6 Å². The molecule has 2 heterocycles. The molecule has 0 amide bonds. The van der Waals surface area contributed by atoms with Crippen molar-refractivity contribution >= 4 is 11.5 Å². The van der Waals surface area contributed by atoms with Crippen LogP contribution in [0.25, 0.3) is 0 Å². The number of ether oxygens (including phenoxy) is 1. The Morgan fingerprint density at radius 3 is 2.69 bits per heavy atom. The minimum atomic E-state index is -0.648. The van der Waals surface area contributed by atoms with E-state index in [1.807, 2.05) is 13.8 Å². The van der Waals surface area contributed by atoms with Gasteiger partial charge in [0.05, 0.1) is 18.0 Å². The van der Waals surface area contributed by atoms with Crippen LogP contribution < -0.4 is 11.1 Å². The van der Waals surface area contributed by atoms with E-state index >= 15 is 0 Å². The van der Waals surface area contributed by atoms with Gasteiger partial charge < -0.3 is 15.8 Å². The highest BCUT2D eigenvalue weighted by atomic mass is 19.1. The fraction of sp³-hybridized carbons (Fsp3) is 0.583. The Morgan fingerprint density at radius 1 is 1.31 bits per heavy atom. The number of nitrogens with one attached hydrogen (secondary N) is 1. The Bertz CT molecular complexity index is 912. The SMILES string of the molecule is CCNC(=NC)C(C)=NC1=C(C(C)C)CN(C2CO[C@H](c3cc(F)ccc3F)C(N)C2)C1. The molecule has 1 aromatic carbocycles. The monoisotopic (exact) mass is 447 g/mol. The molecule has 2 aliphatic heterocycles. The van der Waals surface area contributed by atoms with Gasteiger partial charge in [-0.05, 0) is 50.0 Å². The van der Waals surface area contributed by atoms with Crippen LogP contribution in [0.2, 0.25) is 0 Å². The molecule has 0 spiro atoms. The van der Waals surface area contributed by atoms with Gasteiger partial charge in [-0.2, -0.15) is 0 Å². The minimum Gasteiger partial charge on any atom is -0.370 e. The molecule has 3 atom stereocenters. The van der Waals surface area contributed by atoms with Crippen LogP contribution in [0.1, 0.15) is 45.8 Å². The predicted molar refractivity (Wildman–Crippen MR) is 125 cm³/mol. The summed E-state index contributed by atoms with van der Waals surface area (Å²) in [4.78, 5) is 11.5. The summed E-state index contributed by atoms with van der Waals surface area (Å²) in [7, 11) is 1.76. The van der Waals surface area contributed by atoms with Crippen molar-refractivity contribution in [3.8, 4) is 0 Å². The summed E-state index contributed by atoms with van der Waals surface area (Å²) in [5.41, 5.74) is 9.79. The molecule has 1 saturated heterocycles. The highest BCUT2D eigenvalue weighted by Gasteiger charge is 2.37. The fourth-order valence-corrected chi connectivity index (χ4v) is 4.48. The molecular formula is C24H35F2N5O. The maximum atomic E-state index is 14.2. The zero-order chi connectivity index (χ0) is 23.4. The van der Waals surface area contributed by atoms with Crippen LogP contribution in [0.15, 0.2) is 39.5 Å². The lowest BCUT2D eigenvalue weighted by Crippen LogP contribution is -2.49. The number of aliphatic imine (C=N–C) groups is 2. The predicted octanol–water partition coefficient (Wildman–Crippen LogP) is 3.45. The summed E-state index contributed by atoms with van der Waals surface area (Å²) >= 11 is 0. The molecule has 3 N–H and O–H groups in total. The average molecular weight is 448 g/mol. The smallest absolute Gasteiger partial charge is 0.142 e. The lowest BCUT2D eigenvalue weighted by atomic mass is 9.93. The zero-order valence-corrected chi connectivity index (χ0v) is 19.7. The average Bonchev–Trinajstić information content (AvgIpc) is 3.17. The van der Waals surface area contributed by atoms with Crippen LogP contribution in [-0.2, 0) is 4.74 Å². The van der Waals surface area contributed by atoms with Gasteiger partial charge in [-0.15, -0.1) is 0 Å². The molecule has 176 valence electrons. The number of amidine groups is 1. The van der Waals surface area contributed by atoms with Gasteiger partial charge in [0.25, 0.3) is 0 Å². The third kappa shape index (κ3) is 5.42. The van der Waals surface area contributed by atoms with Crippen LogP contribution in [0, 0.1) is 17.6 Å². The molecule has 2 aliphatic rings. The van der Waals surface area contributed by atoms with E-state index < -0.39 is 23.8 Å². The van der Waals surface area contributed by atoms with Gasteiger partial charge in [0.15, 0.2) is 0 Å². The van der Waals surface area contributed by atoms with Gasteiger partial charge in [-0.25, -0.2) is 8.78 Å². The Morgan fingerprint density at radius 2 is 2.06 bits per heavy atom. The minimum absolute atomic E-state index is 0.0905. The van der Waals surface area contributed by atoms with Crippen molar-refractivity contribution in [3.05, 3.63) is 46.7 Å². The number of rotatable bonds is 6. The molecular weight excluding hydrogens is 412 g/mol. The van der Waals surface area contributed by atoms with Crippen molar-refractivity contribution < 1.29 is 13.5 Å². The first-order valence-electron chi connectivity index (χ1n) is 11.3. The molecule has 0 aliphatic carbocycles. The molecule has 0 aromatic heterocycles. The van der Waals surface area contributed by atoms with Crippen LogP contribution in [0.3, 0.4) is 0 Å². The van der Waals surface area contributed by atoms with E-state index in [0.717, 1.165) is 42.5 Å². The van der Waals surface area contributed by atoms with Crippen molar-refractivity contribution in [2.75, 3.05) is 33.3 Å².